The summed E-state index contributed by atoms with van der Waals surface area (Å²) in [6, 6.07) is 9.20. The summed E-state index contributed by atoms with van der Waals surface area (Å²) in [6.07, 6.45) is -0.0507. The summed E-state index contributed by atoms with van der Waals surface area (Å²) < 4.78 is 7.09. The molecule has 0 saturated carbocycles. The number of fused-ring (bicyclic) bond motifs is 1. The Morgan fingerprint density at radius 2 is 2.00 bits per heavy atom. The Labute approximate surface area is 183 Å². The molecule has 158 valence electrons. The lowest BCUT2D eigenvalue weighted by atomic mass is 10.2. The molecule has 1 aromatic carbocycles. The number of morpholine rings is 1. The molecule has 9 heteroatoms. The number of halogens is 1. The number of benzene rings is 1. The second-order valence-corrected chi connectivity index (χ2v) is 8.85. The van der Waals surface area contributed by atoms with E-state index >= 15 is 0 Å². The fourth-order valence-corrected chi connectivity index (χ4v) is 4.69. The molecule has 7 nitrogen and oxygen atoms in total. The van der Waals surface area contributed by atoms with Crippen molar-refractivity contribution in [3.8, 4) is 0 Å². The van der Waals surface area contributed by atoms with Crippen LogP contribution in [0, 0.1) is 0 Å². The lowest BCUT2D eigenvalue weighted by molar-refractivity contribution is -0.120. The molecule has 2 aromatic heterocycles. The largest absolute Gasteiger partial charge is 0.379 e. The smallest absolute Gasteiger partial charge is 0.226 e. The van der Waals surface area contributed by atoms with Crippen LogP contribution in [-0.4, -0.2) is 46.9 Å². The fourth-order valence-electron chi connectivity index (χ4n) is 3.45. The zero-order valence-electron chi connectivity index (χ0n) is 16.7. The van der Waals surface area contributed by atoms with Crippen molar-refractivity contribution in [1.82, 2.24) is 20.0 Å². The highest BCUT2D eigenvalue weighted by molar-refractivity contribution is 7.18. The first-order valence-electron chi connectivity index (χ1n) is 9.79. The van der Waals surface area contributed by atoms with Gasteiger partial charge in [-0.25, -0.2) is 0 Å². The number of nitrogens with zero attached hydrogens (tertiary/aromatic N) is 3. The number of thiophene rings is 1. The molecule has 1 aliphatic heterocycles. The Morgan fingerprint density at radius 1 is 1.27 bits per heavy atom. The normalized spacial score (nSPS) is 14.9. The molecule has 0 unspecified atom stereocenters. The second kappa shape index (κ2) is 9.26. The minimum Gasteiger partial charge on any atom is -0.379 e. The van der Waals surface area contributed by atoms with Gasteiger partial charge in [-0.15, -0.1) is 11.3 Å². The van der Waals surface area contributed by atoms with Crippen molar-refractivity contribution in [2.45, 2.75) is 19.5 Å². The molecule has 4 rings (SSSR count). The number of rotatable bonds is 6. The summed E-state index contributed by atoms with van der Waals surface area (Å²) in [5.41, 5.74) is 1.03. The molecule has 30 heavy (non-hydrogen) atoms. The van der Waals surface area contributed by atoms with Crippen molar-refractivity contribution in [3.05, 3.63) is 61.7 Å². The highest BCUT2D eigenvalue weighted by Gasteiger charge is 2.17. The average molecular weight is 447 g/mol. The van der Waals surface area contributed by atoms with E-state index in [2.05, 4.69) is 15.3 Å². The van der Waals surface area contributed by atoms with Gasteiger partial charge in [0.2, 0.25) is 11.3 Å². The van der Waals surface area contributed by atoms with Crippen LogP contribution in [0.4, 0.5) is 0 Å². The maximum Gasteiger partial charge on any atom is 0.226 e. The van der Waals surface area contributed by atoms with Crippen molar-refractivity contribution < 1.29 is 9.53 Å². The van der Waals surface area contributed by atoms with E-state index in [0.29, 0.717) is 17.0 Å². The number of amides is 1. The lowest BCUT2D eigenvalue weighted by Gasteiger charge is -2.25. The molecular formula is C21H23ClN4O3S. The topological polar surface area (TPSA) is 76.5 Å². The number of carbonyl (C=O) groups is 1. The molecule has 3 heterocycles. The fraction of sp³-hybridized carbons (Fsp3) is 0.381. The number of hydrogen-bond acceptors (Lipinski definition) is 6. The van der Waals surface area contributed by atoms with Crippen LogP contribution in [0.1, 0.15) is 16.1 Å². The third-order valence-corrected chi connectivity index (χ3v) is 6.49. The Bertz CT molecular complexity index is 1100. The first kappa shape index (κ1) is 21.0. The minimum atomic E-state index is -0.238. The van der Waals surface area contributed by atoms with Crippen LogP contribution < -0.4 is 10.7 Å². The number of hydrogen-bond donors (Lipinski definition) is 1. The van der Waals surface area contributed by atoms with Crippen molar-refractivity contribution in [1.29, 1.82) is 0 Å². The molecule has 0 atom stereocenters. The molecule has 0 radical (unpaired) electrons. The highest BCUT2D eigenvalue weighted by Crippen LogP contribution is 2.24. The van der Waals surface area contributed by atoms with E-state index in [9.17, 15) is 9.59 Å². The molecule has 1 amide bonds. The summed E-state index contributed by atoms with van der Waals surface area (Å²) in [4.78, 5) is 29.6. The molecule has 1 aliphatic rings. The van der Waals surface area contributed by atoms with Gasteiger partial charge in [-0.1, -0.05) is 23.7 Å². The molecule has 0 bridgehead atoms. The number of carbonyl (C=O) groups excluding carboxylic acids is 1. The van der Waals surface area contributed by atoms with Gasteiger partial charge in [0, 0.05) is 43.1 Å². The van der Waals surface area contributed by atoms with Crippen molar-refractivity contribution in [3.63, 3.8) is 0 Å². The van der Waals surface area contributed by atoms with Crippen molar-refractivity contribution in [2.24, 2.45) is 7.05 Å². The molecule has 0 aliphatic carbocycles. The van der Waals surface area contributed by atoms with E-state index < -0.39 is 0 Å². The zero-order chi connectivity index (χ0) is 21.1. The predicted molar refractivity (Wildman–Crippen MR) is 118 cm³/mol. The number of aryl methyl sites for hydroxylation is 1. The maximum absolute atomic E-state index is 12.9. The average Bonchev–Trinajstić information content (AvgIpc) is 3.17. The van der Waals surface area contributed by atoms with Gasteiger partial charge in [0.1, 0.15) is 10.5 Å². The van der Waals surface area contributed by atoms with E-state index in [1.54, 1.807) is 28.2 Å². The van der Waals surface area contributed by atoms with Crippen molar-refractivity contribution in [2.75, 3.05) is 26.3 Å². The van der Waals surface area contributed by atoms with Gasteiger partial charge in [-0.2, -0.15) is 5.10 Å². The molecule has 1 N–H and O–H groups in total. The summed E-state index contributed by atoms with van der Waals surface area (Å²) >= 11 is 7.45. The summed E-state index contributed by atoms with van der Waals surface area (Å²) in [6.45, 7) is 4.42. The van der Waals surface area contributed by atoms with Gasteiger partial charge >= 0.3 is 0 Å². The van der Waals surface area contributed by atoms with Gasteiger partial charge in [0.15, 0.2) is 0 Å². The molecule has 1 saturated heterocycles. The van der Waals surface area contributed by atoms with Crippen LogP contribution in [0.2, 0.25) is 5.02 Å². The van der Waals surface area contributed by atoms with Gasteiger partial charge in [-0.3, -0.25) is 19.2 Å². The molecule has 3 aromatic rings. The Balaban J connectivity index is 1.47. The predicted octanol–water partition coefficient (Wildman–Crippen LogP) is 2.34. The third kappa shape index (κ3) is 4.89. The van der Waals surface area contributed by atoms with E-state index in [-0.39, 0.29) is 23.5 Å². The summed E-state index contributed by atoms with van der Waals surface area (Å²) in [7, 11) is 1.81. The number of aromatic nitrogens is 2. The highest BCUT2D eigenvalue weighted by atomic mass is 35.5. The number of nitrogens with one attached hydrogen (secondary N) is 1. The SMILES string of the molecule is Cn1nc(CC(=O)NCc2ccc(Cl)cc2)c(=O)c2cc(CN3CCOCC3)sc21. The van der Waals surface area contributed by atoms with E-state index in [1.807, 2.05) is 25.2 Å². The van der Waals surface area contributed by atoms with Crippen LogP contribution in [0.3, 0.4) is 0 Å². The van der Waals surface area contributed by atoms with Gasteiger partial charge < -0.3 is 10.1 Å². The molecular weight excluding hydrogens is 424 g/mol. The van der Waals surface area contributed by atoms with E-state index in [0.717, 1.165) is 48.1 Å². The first-order chi connectivity index (χ1) is 14.5. The van der Waals surface area contributed by atoms with Crippen molar-refractivity contribution >= 4 is 39.1 Å². The third-order valence-electron chi connectivity index (χ3n) is 5.05. The quantitative estimate of drug-likeness (QED) is 0.629. The Hall–Kier alpha value is -2.26. The standard InChI is InChI=1S/C21H23ClN4O3S/c1-25-21-17(10-16(30-21)13-26-6-8-29-9-7-26)20(28)18(24-25)11-19(27)23-12-14-2-4-15(22)5-3-14/h2-5,10H,6-9,11-13H2,1H3,(H,23,27). The van der Waals surface area contributed by atoms with Crippen LogP contribution in [0.5, 0.6) is 0 Å². The first-order valence-corrected chi connectivity index (χ1v) is 11.0. The molecule has 0 spiro atoms. The zero-order valence-corrected chi connectivity index (χ0v) is 18.3. The van der Waals surface area contributed by atoms with Crippen LogP contribution >= 0.6 is 22.9 Å². The number of ether oxygens (including phenoxy) is 1. The lowest BCUT2D eigenvalue weighted by Crippen LogP contribution is -2.35. The summed E-state index contributed by atoms with van der Waals surface area (Å²) in [5, 5.41) is 8.48. The van der Waals surface area contributed by atoms with Crippen LogP contribution in [0.25, 0.3) is 10.2 Å². The van der Waals surface area contributed by atoms with Gasteiger partial charge in [-0.05, 0) is 23.8 Å². The Morgan fingerprint density at radius 3 is 2.73 bits per heavy atom. The van der Waals surface area contributed by atoms with E-state index in [1.165, 1.54) is 0 Å². The van der Waals surface area contributed by atoms with E-state index in [4.69, 9.17) is 16.3 Å². The van der Waals surface area contributed by atoms with Crippen LogP contribution in [-0.2, 0) is 36.1 Å². The molecule has 1 fully saturated rings. The minimum absolute atomic E-state index is 0.0507. The second-order valence-electron chi connectivity index (χ2n) is 7.30. The van der Waals surface area contributed by atoms with Gasteiger partial charge in [0.05, 0.1) is 25.0 Å². The maximum atomic E-state index is 12.9. The summed E-state index contributed by atoms with van der Waals surface area (Å²) in [5.74, 6) is -0.238. The van der Waals surface area contributed by atoms with Gasteiger partial charge in [0.25, 0.3) is 0 Å². The monoisotopic (exact) mass is 446 g/mol. The Kier molecular flexibility index (Phi) is 6.48. The van der Waals surface area contributed by atoms with Crippen LogP contribution in [0.15, 0.2) is 35.1 Å².